The van der Waals surface area contributed by atoms with Gasteiger partial charge in [0, 0.05) is 17.7 Å². The molecule has 0 fully saturated rings. The molecule has 9 heteroatoms. The molecule has 0 radical (unpaired) electrons. The molecule has 2 aromatic carbocycles. The van der Waals surface area contributed by atoms with E-state index in [1.54, 1.807) is 29.2 Å². The van der Waals surface area contributed by atoms with Crippen LogP contribution in [0, 0.1) is 5.41 Å². The Kier molecular flexibility index (Phi) is 8.25. The number of rotatable bonds is 8. The molecular weight excluding hydrogens is 450 g/mol. The molecule has 9 nitrogen and oxygen atoms in total. The zero-order chi connectivity index (χ0) is 25.5. The van der Waals surface area contributed by atoms with E-state index in [-0.39, 0.29) is 30.4 Å². The summed E-state index contributed by atoms with van der Waals surface area (Å²) in [6, 6.07) is 14.2. The van der Waals surface area contributed by atoms with Gasteiger partial charge >= 0.3 is 12.1 Å². The average Bonchev–Trinajstić information content (AvgIpc) is 3.18. The van der Waals surface area contributed by atoms with E-state index in [0.29, 0.717) is 35.4 Å². The highest BCUT2D eigenvalue weighted by Gasteiger charge is 2.33. The van der Waals surface area contributed by atoms with Crippen molar-refractivity contribution in [2.24, 2.45) is 0 Å². The number of methoxy groups -OCH3 is 2. The maximum atomic E-state index is 13.3. The van der Waals surface area contributed by atoms with E-state index >= 15 is 0 Å². The van der Waals surface area contributed by atoms with Crippen LogP contribution in [0.1, 0.15) is 37.0 Å². The van der Waals surface area contributed by atoms with Gasteiger partial charge in [-0.25, -0.2) is 4.79 Å². The van der Waals surface area contributed by atoms with Crippen molar-refractivity contribution in [1.82, 2.24) is 5.32 Å². The summed E-state index contributed by atoms with van der Waals surface area (Å²) < 4.78 is 15.2. The van der Waals surface area contributed by atoms with Crippen LogP contribution >= 0.6 is 0 Å². The van der Waals surface area contributed by atoms with Gasteiger partial charge in [0.25, 0.3) is 5.91 Å². The van der Waals surface area contributed by atoms with Gasteiger partial charge in [0.2, 0.25) is 0 Å². The summed E-state index contributed by atoms with van der Waals surface area (Å²) in [7, 11) is 2.75. The van der Waals surface area contributed by atoms with Gasteiger partial charge in [-0.05, 0) is 55.7 Å². The fourth-order valence-electron chi connectivity index (χ4n) is 3.65. The van der Waals surface area contributed by atoms with Crippen molar-refractivity contribution >= 4 is 35.1 Å². The molecular formula is C26H29N3O6. The Morgan fingerprint density at radius 1 is 1.06 bits per heavy atom. The maximum Gasteiger partial charge on any atom is 0.412 e. The third-order valence-electron chi connectivity index (χ3n) is 5.39. The fourth-order valence-corrected chi connectivity index (χ4v) is 3.65. The molecule has 0 saturated carbocycles. The lowest BCUT2D eigenvalue weighted by Crippen LogP contribution is -2.30. The summed E-state index contributed by atoms with van der Waals surface area (Å²) in [6.45, 7) is 3.90. The third-order valence-corrected chi connectivity index (χ3v) is 5.39. The maximum absolute atomic E-state index is 13.3. The van der Waals surface area contributed by atoms with Gasteiger partial charge < -0.3 is 19.1 Å². The molecule has 0 aliphatic carbocycles. The number of aryl methyl sites for hydroxylation is 1. The van der Waals surface area contributed by atoms with Crippen molar-refractivity contribution in [2.45, 2.75) is 32.8 Å². The number of alkyl carbamates (subject to hydrolysis) is 1. The molecule has 2 N–H and O–H groups in total. The largest absolute Gasteiger partial charge is 0.498 e. The first kappa shape index (κ1) is 25.5. The van der Waals surface area contributed by atoms with Crippen LogP contribution < -0.4 is 10.2 Å². The minimum absolute atomic E-state index is 0.106. The highest BCUT2D eigenvalue weighted by atomic mass is 16.5. The Bertz CT molecular complexity index is 1140. The second-order valence-corrected chi connectivity index (χ2v) is 8.17. The minimum Gasteiger partial charge on any atom is -0.498 e. The Morgan fingerprint density at radius 3 is 2.29 bits per heavy atom. The molecule has 35 heavy (non-hydrogen) atoms. The third kappa shape index (κ3) is 6.26. The molecule has 184 valence electrons. The van der Waals surface area contributed by atoms with E-state index in [1.165, 1.54) is 14.2 Å². The number of amidine groups is 1. The van der Waals surface area contributed by atoms with Crippen LogP contribution in [0.2, 0.25) is 0 Å². The summed E-state index contributed by atoms with van der Waals surface area (Å²) >= 11 is 0. The standard InChI is InChI=1S/C26H29N3O6/c1-16(2)35-22(30)14-7-17-5-8-18(9-6-17)23-21(33-3)15-29(25(23)31)20-12-10-19(11-13-20)24(27)28-26(32)34-4/h5-6,8-13,16H,7,14-15H2,1-4H3,(H2,27,28,32). The number of carbonyl (C=O) groups is 3. The number of esters is 1. The molecule has 3 rings (SSSR count). The number of benzene rings is 2. The number of ether oxygens (including phenoxy) is 3. The molecule has 2 amide bonds. The van der Waals surface area contributed by atoms with E-state index in [9.17, 15) is 14.4 Å². The number of carbonyl (C=O) groups excluding carboxylic acids is 3. The topological polar surface area (TPSA) is 118 Å². The molecule has 1 aliphatic heterocycles. The van der Waals surface area contributed by atoms with Crippen LogP contribution in [0.15, 0.2) is 54.3 Å². The first-order valence-corrected chi connectivity index (χ1v) is 11.1. The quantitative estimate of drug-likeness (QED) is 0.339. The zero-order valence-electron chi connectivity index (χ0n) is 20.2. The number of amides is 2. The monoisotopic (exact) mass is 479 g/mol. The Morgan fingerprint density at radius 2 is 1.71 bits per heavy atom. The van der Waals surface area contributed by atoms with Crippen molar-refractivity contribution in [3.8, 4) is 0 Å². The van der Waals surface area contributed by atoms with Gasteiger partial charge in [-0.3, -0.25) is 20.3 Å². The molecule has 0 saturated heterocycles. The number of hydrogen-bond donors (Lipinski definition) is 2. The molecule has 0 bridgehead atoms. The SMILES string of the molecule is COC(=O)NC(=N)c1ccc(N2CC(OC)=C(c3ccc(CCC(=O)OC(C)C)cc3)C2=O)cc1. The van der Waals surface area contributed by atoms with Gasteiger partial charge in [-0.1, -0.05) is 24.3 Å². The van der Waals surface area contributed by atoms with E-state index in [0.717, 1.165) is 11.1 Å². The lowest BCUT2D eigenvalue weighted by atomic mass is 10.0. The van der Waals surface area contributed by atoms with Crippen LogP contribution in [-0.2, 0) is 30.2 Å². The summed E-state index contributed by atoms with van der Waals surface area (Å²) in [5.74, 6) is 0.000429. The number of nitrogens with one attached hydrogen (secondary N) is 2. The summed E-state index contributed by atoms with van der Waals surface area (Å²) in [5.41, 5.74) is 3.27. The molecule has 0 atom stereocenters. The van der Waals surface area contributed by atoms with Gasteiger partial charge in [-0.2, -0.15) is 0 Å². The van der Waals surface area contributed by atoms with Crippen molar-refractivity contribution < 1.29 is 28.6 Å². The Hall–Kier alpha value is -4.14. The molecule has 2 aromatic rings. The molecule has 1 heterocycles. The van der Waals surface area contributed by atoms with Crippen LogP contribution in [-0.4, -0.2) is 50.7 Å². The molecule has 0 unspecified atom stereocenters. The fraction of sp³-hybridized carbons (Fsp3) is 0.308. The van der Waals surface area contributed by atoms with E-state index in [4.69, 9.17) is 14.9 Å². The smallest absolute Gasteiger partial charge is 0.412 e. The number of hydrogen-bond acceptors (Lipinski definition) is 7. The van der Waals surface area contributed by atoms with E-state index in [2.05, 4.69) is 10.1 Å². The normalized spacial score (nSPS) is 13.2. The summed E-state index contributed by atoms with van der Waals surface area (Å²) in [5, 5.41) is 10.2. The predicted octanol–water partition coefficient (Wildman–Crippen LogP) is 3.66. The van der Waals surface area contributed by atoms with Crippen LogP contribution in [0.25, 0.3) is 5.57 Å². The van der Waals surface area contributed by atoms with Gasteiger partial charge in [0.1, 0.15) is 11.6 Å². The lowest BCUT2D eigenvalue weighted by Gasteiger charge is -2.17. The van der Waals surface area contributed by atoms with Crippen LogP contribution in [0.5, 0.6) is 0 Å². The van der Waals surface area contributed by atoms with E-state index < -0.39 is 6.09 Å². The number of anilines is 1. The van der Waals surface area contributed by atoms with Crippen molar-refractivity contribution in [1.29, 1.82) is 5.41 Å². The molecule has 1 aliphatic rings. The number of nitrogens with zero attached hydrogens (tertiary/aromatic N) is 1. The highest BCUT2D eigenvalue weighted by molar-refractivity contribution is 6.29. The predicted molar refractivity (Wildman–Crippen MR) is 131 cm³/mol. The highest BCUT2D eigenvalue weighted by Crippen LogP contribution is 2.32. The Labute approximate surface area is 204 Å². The first-order chi connectivity index (χ1) is 16.7. The second kappa shape index (κ2) is 11.3. The van der Waals surface area contributed by atoms with Crippen LogP contribution in [0.4, 0.5) is 10.5 Å². The second-order valence-electron chi connectivity index (χ2n) is 8.17. The van der Waals surface area contributed by atoms with E-state index in [1.807, 2.05) is 38.1 Å². The van der Waals surface area contributed by atoms with Crippen molar-refractivity contribution in [3.05, 3.63) is 71.0 Å². The molecule has 0 aromatic heterocycles. The minimum atomic E-state index is -0.728. The Balaban J connectivity index is 1.71. The van der Waals surface area contributed by atoms with Gasteiger partial charge in [0.05, 0.1) is 32.4 Å². The van der Waals surface area contributed by atoms with Crippen molar-refractivity contribution in [2.75, 3.05) is 25.7 Å². The lowest BCUT2D eigenvalue weighted by molar-refractivity contribution is -0.147. The summed E-state index contributed by atoms with van der Waals surface area (Å²) in [6.07, 6.45) is -0.0259. The van der Waals surface area contributed by atoms with Crippen molar-refractivity contribution in [3.63, 3.8) is 0 Å². The summed E-state index contributed by atoms with van der Waals surface area (Å²) in [4.78, 5) is 38.0. The first-order valence-electron chi connectivity index (χ1n) is 11.1. The average molecular weight is 480 g/mol. The van der Waals surface area contributed by atoms with Gasteiger partial charge in [-0.15, -0.1) is 0 Å². The molecule has 0 spiro atoms. The van der Waals surface area contributed by atoms with Crippen LogP contribution in [0.3, 0.4) is 0 Å². The zero-order valence-corrected chi connectivity index (χ0v) is 20.2. The van der Waals surface area contributed by atoms with Gasteiger partial charge in [0.15, 0.2) is 0 Å².